The molecule has 0 bridgehead atoms. The summed E-state index contributed by atoms with van der Waals surface area (Å²) in [4.78, 5) is 24.3. The van der Waals surface area contributed by atoms with Gasteiger partial charge in [0, 0.05) is 17.1 Å². The van der Waals surface area contributed by atoms with E-state index in [0.717, 1.165) is 34.9 Å². The van der Waals surface area contributed by atoms with Crippen LogP contribution in [0.25, 0.3) is 22.0 Å². The van der Waals surface area contributed by atoms with Gasteiger partial charge in [-0.05, 0) is 66.0 Å². The number of carbonyl (C=O) groups excluding carboxylic acids is 2. The van der Waals surface area contributed by atoms with E-state index in [-0.39, 0.29) is 18.4 Å². The van der Waals surface area contributed by atoms with Crippen molar-refractivity contribution < 1.29 is 14.3 Å². The van der Waals surface area contributed by atoms with E-state index >= 15 is 0 Å². The Bertz CT molecular complexity index is 1110. The van der Waals surface area contributed by atoms with Gasteiger partial charge in [0.25, 0.3) is 5.91 Å². The molecule has 0 aliphatic heterocycles. The molecule has 0 radical (unpaired) electrons. The lowest BCUT2D eigenvalue weighted by atomic mass is 9.89. The Hall–Kier alpha value is -3.08. The van der Waals surface area contributed by atoms with Crippen LogP contribution in [0.4, 0.5) is 0 Å². The van der Waals surface area contributed by atoms with Crippen molar-refractivity contribution in [3.63, 3.8) is 0 Å². The zero-order chi connectivity index (χ0) is 21.3. The van der Waals surface area contributed by atoms with Crippen molar-refractivity contribution in [2.75, 3.05) is 6.61 Å². The lowest BCUT2D eigenvalue weighted by molar-refractivity contribution is -0.145. The van der Waals surface area contributed by atoms with Gasteiger partial charge in [-0.15, -0.1) is 0 Å². The summed E-state index contributed by atoms with van der Waals surface area (Å²) in [5.41, 5.74) is 11.9. The van der Waals surface area contributed by atoms with Crippen molar-refractivity contribution in [2.45, 2.75) is 46.1 Å². The van der Waals surface area contributed by atoms with Gasteiger partial charge in [0.15, 0.2) is 0 Å². The Morgan fingerprint density at radius 1 is 1.03 bits per heavy atom. The van der Waals surface area contributed by atoms with Crippen LogP contribution in [0.2, 0.25) is 0 Å². The van der Waals surface area contributed by atoms with Crippen LogP contribution in [0.15, 0.2) is 42.6 Å². The molecule has 0 spiro atoms. The van der Waals surface area contributed by atoms with Crippen LogP contribution in [-0.4, -0.2) is 23.1 Å². The highest BCUT2D eigenvalue weighted by Gasteiger charge is 2.17. The van der Waals surface area contributed by atoms with Crippen molar-refractivity contribution in [3.05, 3.63) is 59.3 Å². The van der Waals surface area contributed by atoms with E-state index in [1.54, 1.807) is 10.8 Å². The first-order valence-corrected chi connectivity index (χ1v) is 10.6. The van der Waals surface area contributed by atoms with Crippen LogP contribution in [0.1, 0.15) is 48.2 Å². The van der Waals surface area contributed by atoms with Gasteiger partial charge in [-0.25, -0.2) is 0 Å². The summed E-state index contributed by atoms with van der Waals surface area (Å²) < 4.78 is 7.04. The molecule has 1 aliphatic carbocycles. The van der Waals surface area contributed by atoms with Crippen molar-refractivity contribution in [1.82, 2.24) is 4.57 Å². The fraction of sp³-hybridized carbons (Fsp3) is 0.360. The third-order valence-corrected chi connectivity index (χ3v) is 5.71. The number of aryl methyl sites for hydroxylation is 2. The molecular weight excluding hydrogens is 376 g/mol. The minimum atomic E-state index is -0.503. The molecule has 1 aromatic heterocycles. The molecular formula is C25H28N2O3. The molecule has 0 atom stereocenters. The van der Waals surface area contributed by atoms with Gasteiger partial charge in [0.05, 0.1) is 12.2 Å². The number of benzene rings is 2. The van der Waals surface area contributed by atoms with E-state index in [1.807, 2.05) is 32.0 Å². The molecule has 0 saturated heterocycles. The van der Waals surface area contributed by atoms with Gasteiger partial charge in [-0.1, -0.05) is 38.1 Å². The van der Waals surface area contributed by atoms with Gasteiger partial charge in [-0.2, -0.15) is 0 Å². The first kappa shape index (κ1) is 20.2. The number of ether oxygens (including phenoxy) is 1. The Morgan fingerprint density at radius 2 is 1.73 bits per heavy atom. The summed E-state index contributed by atoms with van der Waals surface area (Å²) in [6, 6.07) is 12.6. The highest BCUT2D eigenvalue weighted by atomic mass is 16.5. The molecule has 0 saturated carbocycles. The Kier molecular flexibility index (Phi) is 5.62. The van der Waals surface area contributed by atoms with E-state index in [2.05, 4.69) is 18.2 Å². The molecule has 5 heteroatoms. The lowest BCUT2D eigenvalue weighted by Gasteiger charge is -2.16. The second kappa shape index (κ2) is 8.34. The number of esters is 1. The quantitative estimate of drug-likeness (QED) is 0.615. The van der Waals surface area contributed by atoms with E-state index < -0.39 is 5.91 Å². The lowest BCUT2D eigenvalue weighted by Crippen LogP contribution is -2.16. The van der Waals surface area contributed by atoms with E-state index in [1.165, 1.54) is 24.0 Å². The number of carbonyl (C=O) groups is 2. The second-order valence-electron chi connectivity index (χ2n) is 8.53. The van der Waals surface area contributed by atoms with E-state index in [0.29, 0.717) is 12.2 Å². The van der Waals surface area contributed by atoms with Gasteiger partial charge in [0.2, 0.25) is 0 Å². The zero-order valence-electron chi connectivity index (χ0n) is 17.6. The van der Waals surface area contributed by atoms with Gasteiger partial charge >= 0.3 is 5.97 Å². The average molecular weight is 405 g/mol. The predicted molar refractivity (Wildman–Crippen MR) is 118 cm³/mol. The molecule has 156 valence electrons. The van der Waals surface area contributed by atoms with Crippen LogP contribution in [0.3, 0.4) is 0 Å². The monoisotopic (exact) mass is 404 g/mol. The summed E-state index contributed by atoms with van der Waals surface area (Å²) in [5, 5.41) is 0.759. The van der Waals surface area contributed by atoms with Gasteiger partial charge in [-0.3, -0.25) is 9.59 Å². The number of hydrogen-bond donors (Lipinski definition) is 1. The fourth-order valence-electron chi connectivity index (χ4n) is 4.16. The molecule has 2 N–H and O–H groups in total. The molecule has 4 rings (SSSR count). The van der Waals surface area contributed by atoms with Gasteiger partial charge < -0.3 is 15.0 Å². The highest BCUT2D eigenvalue weighted by molar-refractivity contribution is 6.07. The van der Waals surface area contributed by atoms with Crippen molar-refractivity contribution in [3.8, 4) is 11.1 Å². The SMILES string of the molecule is CC(C)COC(=O)Cn1cc(C(N)=O)c2cc(-c3ccc4c(c3)CCCC4)ccc21. The van der Waals surface area contributed by atoms with Crippen molar-refractivity contribution in [1.29, 1.82) is 0 Å². The number of rotatable bonds is 6. The van der Waals surface area contributed by atoms with Crippen LogP contribution >= 0.6 is 0 Å². The normalized spacial score (nSPS) is 13.4. The molecule has 5 nitrogen and oxygen atoms in total. The Morgan fingerprint density at radius 3 is 2.47 bits per heavy atom. The number of primary amides is 1. The number of nitrogens with zero attached hydrogens (tertiary/aromatic N) is 1. The predicted octanol–water partition coefficient (Wildman–Crippen LogP) is 4.49. The summed E-state index contributed by atoms with van der Waals surface area (Å²) >= 11 is 0. The maximum absolute atomic E-state index is 12.2. The molecule has 1 amide bonds. The molecule has 30 heavy (non-hydrogen) atoms. The Balaban J connectivity index is 1.69. The van der Waals surface area contributed by atoms with E-state index in [9.17, 15) is 9.59 Å². The minimum absolute atomic E-state index is 0.0503. The topological polar surface area (TPSA) is 74.3 Å². The summed E-state index contributed by atoms with van der Waals surface area (Å²) in [5.74, 6) is -0.553. The maximum atomic E-state index is 12.2. The zero-order valence-corrected chi connectivity index (χ0v) is 17.6. The molecule has 1 heterocycles. The molecule has 0 unspecified atom stereocenters. The highest BCUT2D eigenvalue weighted by Crippen LogP contribution is 2.31. The van der Waals surface area contributed by atoms with Crippen molar-refractivity contribution >= 4 is 22.8 Å². The minimum Gasteiger partial charge on any atom is -0.464 e. The standard InChI is InChI=1S/C25H28N2O3/c1-16(2)15-30-24(28)14-27-13-22(25(26)29)21-12-20(9-10-23(21)27)19-8-7-17-5-3-4-6-18(17)11-19/h7-13,16H,3-6,14-15H2,1-2H3,(H2,26,29). The molecule has 1 aliphatic rings. The van der Waals surface area contributed by atoms with Crippen LogP contribution in [-0.2, 0) is 28.9 Å². The summed E-state index contributed by atoms with van der Waals surface area (Å²) in [7, 11) is 0. The molecule has 3 aromatic rings. The average Bonchev–Trinajstić information content (AvgIpc) is 3.10. The van der Waals surface area contributed by atoms with Gasteiger partial charge in [0.1, 0.15) is 6.54 Å². The first-order chi connectivity index (χ1) is 14.4. The first-order valence-electron chi connectivity index (χ1n) is 10.6. The molecule has 0 fully saturated rings. The largest absolute Gasteiger partial charge is 0.464 e. The Labute approximate surface area is 176 Å². The number of amides is 1. The van der Waals surface area contributed by atoms with Crippen LogP contribution in [0, 0.1) is 5.92 Å². The summed E-state index contributed by atoms with van der Waals surface area (Å²) in [6.07, 6.45) is 6.41. The number of hydrogen-bond acceptors (Lipinski definition) is 3. The van der Waals surface area contributed by atoms with Crippen molar-refractivity contribution in [2.24, 2.45) is 11.7 Å². The number of fused-ring (bicyclic) bond motifs is 2. The third kappa shape index (κ3) is 4.11. The fourth-order valence-corrected chi connectivity index (χ4v) is 4.16. The summed E-state index contributed by atoms with van der Waals surface area (Å²) in [6.45, 7) is 4.41. The second-order valence-corrected chi connectivity index (χ2v) is 8.53. The number of nitrogens with two attached hydrogens (primary N) is 1. The maximum Gasteiger partial charge on any atom is 0.325 e. The third-order valence-electron chi connectivity index (χ3n) is 5.71. The molecule has 2 aromatic carbocycles. The van der Waals surface area contributed by atoms with E-state index in [4.69, 9.17) is 10.5 Å². The van der Waals surface area contributed by atoms with Crippen LogP contribution in [0.5, 0.6) is 0 Å². The number of aromatic nitrogens is 1. The smallest absolute Gasteiger partial charge is 0.325 e. The van der Waals surface area contributed by atoms with Crippen LogP contribution < -0.4 is 5.73 Å².